The topological polar surface area (TPSA) is 95.6 Å². The number of aromatic nitrogens is 4. The minimum absolute atomic E-state index is 0.583. The highest BCUT2D eigenvalue weighted by Crippen LogP contribution is 2.25. The predicted molar refractivity (Wildman–Crippen MR) is 82.9 cm³/mol. The first-order chi connectivity index (χ1) is 10.0. The molecule has 0 saturated carbocycles. The predicted octanol–water partition coefficient (Wildman–Crippen LogP) is 2.11. The smallest absolute Gasteiger partial charge is 0.187 e. The van der Waals surface area contributed by atoms with Gasteiger partial charge in [0.1, 0.15) is 0 Å². The van der Waals surface area contributed by atoms with Gasteiger partial charge in [-0.1, -0.05) is 6.07 Å². The van der Waals surface area contributed by atoms with E-state index in [9.17, 15) is 0 Å². The zero-order valence-electron chi connectivity index (χ0n) is 11.9. The highest BCUT2D eigenvalue weighted by molar-refractivity contribution is 5.68. The van der Waals surface area contributed by atoms with E-state index in [2.05, 4.69) is 21.6 Å². The molecule has 0 saturated heterocycles. The lowest BCUT2D eigenvalue weighted by atomic mass is 10.1. The molecule has 106 valence electrons. The van der Waals surface area contributed by atoms with E-state index in [1.165, 1.54) is 0 Å². The number of tetrazole rings is 1. The number of hydrogen-bond acceptors (Lipinski definition) is 5. The molecule has 0 unspecified atom stereocenters. The number of nitrogens with two attached hydrogens (primary N) is 2. The Morgan fingerprint density at radius 1 is 0.857 bits per heavy atom. The van der Waals surface area contributed by atoms with Gasteiger partial charge in [-0.3, -0.25) is 0 Å². The van der Waals surface area contributed by atoms with Crippen molar-refractivity contribution >= 4 is 11.4 Å². The average Bonchev–Trinajstić information content (AvgIpc) is 2.85. The highest BCUT2D eigenvalue weighted by Gasteiger charge is 2.12. The molecule has 1 aromatic heterocycles. The zero-order chi connectivity index (χ0) is 15.0. The molecule has 0 fully saturated rings. The molecule has 0 radical (unpaired) electrons. The number of nitrogen functional groups attached to an aromatic ring is 2. The second kappa shape index (κ2) is 4.90. The maximum atomic E-state index is 5.84. The molecule has 0 aliphatic heterocycles. The Morgan fingerprint density at radius 2 is 1.48 bits per heavy atom. The maximum absolute atomic E-state index is 5.84. The van der Waals surface area contributed by atoms with Crippen LogP contribution < -0.4 is 11.5 Å². The quantitative estimate of drug-likeness (QED) is 0.701. The Morgan fingerprint density at radius 3 is 2.10 bits per heavy atom. The van der Waals surface area contributed by atoms with Crippen molar-refractivity contribution < 1.29 is 0 Å². The molecular formula is C15H16N6. The number of anilines is 2. The van der Waals surface area contributed by atoms with Crippen LogP contribution in [0.5, 0.6) is 0 Å². The van der Waals surface area contributed by atoms with Crippen molar-refractivity contribution in [1.82, 2.24) is 20.2 Å². The minimum atomic E-state index is 0.583. The molecule has 0 amide bonds. The van der Waals surface area contributed by atoms with Crippen LogP contribution in [0.2, 0.25) is 0 Å². The number of benzene rings is 2. The van der Waals surface area contributed by atoms with Gasteiger partial charge in [0.05, 0.1) is 5.69 Å². The minimum Gasteiger partial charge on any atom is -0.399 e. The van der Waals surface area contributed by atoms with Crippen LogP contribution in [0.4, 0.5) is 11.4 Å². The summed E-state index contributed by atoms with van der Waals surface area (Å²) in [5.41, 5.74) is 16.9. The van der Waals surface area contributed by atoms with Crippen molar-refractivity contribution in [2.24, 2.45) is 0 Å². The summed E-state index contributed by atoms with van der Waals surface area (Å²) in [5.74, 6) is 0.610. The van der Waals surface area contributed by atoms with Crippen molar-refractivity contribution in [2.45, 2.75) is 13.8 Å². The van der Waals surface area contributed by atoms with Gasteiger partial charge in [0, 0.05) is 16.9 Å². The Hall–Kier alpha value is -2.89. The first-order valence-electron chi connectivity index (χ1n) is 6.56. The first kappa shape index (κ1) is 13.1. The Kier molecular flexibility index (Phi) is 3.06. The van der Waals surface area contributed by atoms with Gasteiger partial charge >= 0.3 is 0 Å². The van der Waals surface area contributed by atoms with Gasteiger partial charge in [-0.15, -0.1) is 5.10 Å². The van der Waals surface area contributed by atoms with Crippen molar-refractivity contribution in [1.29, 1.82) is 0 Å². The van der Waals surface area contributed by atoms with Crippen LogP contribution in [-0.4, -0.2) is 20.2 Å². The van der Waals surface area contributed by atoms with Crippen LogP contribution >= 0.6 is 0 Å². The Labute approximate surface area is 122 Å². The van der Waals surface area contributed by atoms with Crippen LogP contribution in [-0.2, 0) is 0 Å². The van der Waals surface area contributed by atoms with Crippen molar-refractivity contribution in [3.63, 3.8) is 0 Å². The number of rotatable bonds is 2. The van der Waals surface area contributed by atoms with Crippen LogP contribution in [0.3, 0.4) is 0 Å². The molecule has 21 heavy (non-hydrogen) atoms. The molecule has 6 heteroatoms. The third kappa shape index (κ3) is 2.55. The van der Waals surface area contributed by atoms with E-state index < -0.39 is 0 Å². The fourth-order valence-electron chi connectivity index (χ4n) is 2.42. The molecule has 0 aliphatic rings. The summed E-state index contributed by atoms with van der Waals surface area (Å²) in [6.07, 6.45) is 0. The van der Waals surface area contributed by atoms with Gasteiger partial charge in [-0.25, -0.2) is 0 Å². The van der Waals surface area contributed by atoms with Gasteiger partial charge in [0.25, 0.3) is 0 Å². The molecule has 0 spiro atoms. The van der Waals surface area contributed by atoms with Gasteiger partial charge in [0.15, 0.2) is 5.82 Å². The normalized spacial score (nSPS) is 10.8. The second-order valence-corrected chi connectivity index (χ2v) is 5.15. The van der Waals surface area contributed by atoms with Gasteiger partial charge < -0.3 is 11.5 Å². The van der Waals surface area contributed by atoms with E-state index in [4.69, 9.17) is 11.5 Å². The lowest BCUT2D eigenvalue weighted by molar-refractivity contribution is 0.790. The first-order valence-corrected chi connectivity index (χ1v) is 6.56. The van der Waals surface area contributed by atoms with Crippen molar-refractivity contribution in [2.75, 3.05) is 11.5 Å². The lowest BCUT2D eigenvalue weighted by Gasteiger charge is -2.08. The van der Waals surface area contributed by atoms with Crippen LogP contribution in [0.15, 0.2) is 36.4 Å². The van der Waals surface area contributed by atoms with Crippen LogP contribution in [0, 0.1) is 13.8 Å². The molecule has 0 bridgehead atoms. The van der Waals surface area contributed by atoms with Gasteiger partial charge in [-0.05, 0) is 65.7 Å². The zero-order valence-corrected chi connectivity index (χ0v) is 11.9. The molecule has 0 atom stereocenters. The van der Waals surface area contributed by atoms with E-state index in [-0.39, 0.29) is 0 Å². The SMILES string of the molecule is Cc1cc(C)cc(-n2nnnc2-c2cc(N)cc(N)c2)c1. The summed E-state index contributed by atoms with van der Waals surface area (Å²) in [7, 11) is 0. The monoisotopic (exact) mass is 280 g/mol. The van der Waals surface area contributed by atoms with Crippen molar-refractivity contribution in [3.8, 4) is 17.1 Å². The molecule has 1 heterocycles. The maximum Gasteiger partial charge on any atom is 0.187 e. The second-order valence-electron chi connectivity index (χ2n) is 5.15. The van der Waals surface area contributed by atoms with Crippen molar-refractivity contribution in [3.05, 3.63) is 47.5 Å². The summed E-state index contributed by atoms with van der Waals surface area (Å²) >= 11 is 0. The largest absolute Gasteiger partial charge is 0.399 e. The summed E-state index contributed by atoms with van der Waals surface area (Å²) in [5, 5.41) is 11.9. The lowest BCUT2D eigenvalue weighted by Crippen LogP contribution is -2.02. The Balaban J connectivity index is 2.16. The summed E-state index contributed by atoms with van der Waals surface area (Å²) in [6.45, 7) is 4.08. The average molecular weight is 280 g/mol. The van der Waals surface area contributed by atoms with E-state index in [0.29, 0.717) is 17.2 Å². The molecule has 0 aliphatic carbocycles. The fourth-order valence-corrected chi connectivity index (χ4v) is 2.42. The molecule has 3 aromatic rings. The standard InChI is InChI=1S/C15H16N6/c1-9-3-10(2)5-14(4-9)21-15(18-19-20-21)11-6-12(16)8-13(17)7-11/h3-8H,16-17H2,1-2H3. The summed E-state index contributed by atoms with van der Waals surface area (Å²) < 4.78 is 1.69. The third-order valence-electron chi connectivity index (χ3n) is 3.16. The molecule has 3 rings (SSSR count). The van der Waals surface area contributed by atoms with Gasteiger partial charge in [-0.2, -0.15) is 4.68 Å². The number of nitrogens with zero attached hydrogens (tertiary/aromatic N) is 4. The van der Waals surface area contributed by atoms with Crippen LogP contribution in [0.1, 0.15) is 11.1 Å². The van der Waals surface area contributed by atoms with E-state index in [1.54, 1.807) is 22.9 Å². The summed E-state index contributed by atoms with van der Waals surface area (Å²) in [6, 6.07) is 11.5. The summed E-state index contributed by atoms with van der Waals surface area (Å²) in [4.78, 5) is 0. The van der Waals surface area contributed by atoms with Gasteiger partial charge in [0.2, 0.25) is 0 Å². The Bertz CT molecular complexity index is 699. The number of hydrogen-bond donors (Lipinski definition) is 2. The van der Waals surface area contributed by atoms with E-state index in [0.717, 1.165) is 22.4 Å². The van der Waals surface area contributed by atoms with E-state index in [1.807, 2.05) is 26.0 Å². The molecule has 2 aromatic carbocycles. The molecule has 6 nitrogen and oxygen atoms in total. The molecule has 4 N–H and O–H groups in total. The fraction of sp³-hybridized carbons (Fsp3) is 0.133. The highest BCUT2D eigenvalue weighted by atomic mass is 15.5. The van der Waals surface area contributed by atoms with Crippen LogP contribution in [0.25, 0.3) is 17.1 Å². The molecular weight excluding hydrogens is 264 g/mol. The number of aryl methyl sites for hydroxylation is 2. The third-order valence-corrected chi connectivity index (χ3v) is 3.16. The van der Waals surface area contributed by atoms with E-state index >= 15 is 0 Å².